The molecular formula is C18H24N4O. The normalized spacial score (nSPS) is 15.2. The van der Waals surface area contributed by atoms with Crippen LogP contribution in [0.5, 0.6) is 0 Å². The molecule has 1 aliphatic carbocycles. The highest BCUT2D eigenvalue weighted by atomic mass is 16.2. The summed E-state index contributed by atoms with van der Waals surface area (Å²) in [5, 5.41) is 5.92. The second-order valence-electron chi connectivity index (χ2n) is 6.23. The fourth-order valence-electron chi connectivity index (χ4n) is 2.75. The summed E-state index contributed by atoms with van der Waals surface area (Å²) in [6.45, 7) is 3.47. The summed E-state index contributed by atoms with van der Waals surface area (Å²) in [6, 6.07) is 10.5. The van der Waals surface area contributed by atoms with Crippen molar-refractivity contribution in [3.05, 3.63) is 54.1 Å². The number of aromatic nitrogens is 2. The molecule has 1 unspecified atom stereocenters. The minimum atomic E-state index is -0.0782. The third kappa shape index (κ3) is 4.58. The van der Waals surface area contributed by atoms with E-state index in [-0.39, 0.29) is 12.1 Å². The van der Waals surface area contributed by atoms with E-state index in [1.165, 1.54) is 18.4 Å². The molecule has 3 rings (SSSR count). The van der Waals surface area contributed by atoms with Gasteiger partial charge < -0.3 is 15.2 Å². The van der Waals surface area contributed by atoms with E-state index in [0.717, 1.165) is 18.8 Å². The monoisotopic (exact) mass is 312 g/mol. The molecular weight excluding hydrogens is 288 g/mol. The van der Waals surface area contributed by atoms with Crippen LogP contribution in [-0.2, 0) is 13.0 Å². The third-order valence-corrected chi connectivity index (χ3v) is 4.32. The van der Waals surface area contributed by atoms with Crippen LogP contribution in [0.3, 0.4) is 0 Å². The van der Waals surface area contributed by atoms with Crippen LogP contribution in [0.2, 0.25) is 0 Å². The summed E-state index contributed by atoms with van der Waals surface area (Å²) >= 11 is 0. The van der Waals surface area contributed by atoms with Crippen LogP contribution in [-0.4, -0.2) is 28.2 Å². The van der Waals surface area contributed by atoms with Crippen LogP contribution in [0.1, 0.15) is 31.2 Å². The zero-order valence-electron chi connectivity index (χ0n) is 13.5. The molecule has 2 aromatic rings. The van der Waals surface area contributed by atoms with Crippen molar-refractivity contribution < 1.29 is 4.79 Å². The fourth-order valence-corrected chi connectivity index (χ4v) is 2.75. The van der Waals surface area contributed by atoms with Crippen LogP contribution in [0, 0.1) is 5.92 Å². The second kappa shape index (κ2) is 7.31. The Hall–Kier alpha value is -2.30. The summed E-state index contributed by atoms with van der Waals surface area (Å²) in [4.78, 5) is 16.2. The maximum atomic E-state index is 11.8. The zero-order valence-corrected chi connectivity index (χ0v) is 13.5. The Morgan fingerprint density at radius 1 is 1.35 bits per heavy atom. The lowest BCUT2D eigenvalue weighted by atomic mass is 10.2. The van der Waals surface area contributed by atoms with Gasteiger partial charge in [-0.3, -0.25) is 0 Å². The van der Waals surface area contributed by atoms with E-state index in [0.29, 0.717) is 12.5 Å². The Morgan fingerprint density at radius 3 is 2.87 bits per heavy atom. The minimum absolute atomic E-state index is 0.0782. The summed E-state index contributed by atoms with van der Waals surface area (Å²) < 4.78 is 2.13. The first kappa shape index (κ1) is 15.6. The summed E-state index contributed by atoms with van der Waals surface area (Å²) in [6.07, 6.45) is 6.99. The number of carbonyl (C=O) groups is 1. The van der Waals surface area contributed by atoms with Crippen molar-refractivity contribution in [1.29, 1.82) is 0 Å². The molecule has 1 aromatic heterocycles. The molecule has 0 saturated heterocycles. The minimum Gasteiger partial charge on any atom is -0.338 e. The fraction of sp³-hybridized carbons (Fsp3) is 0.444. The smallest absolute Gasteiger partial charge is 0.315 e. The molecule has 0 spiro atoms. The second-order valence-corrected chi connectivity index (χ2v) is 6.23. The van der Waals surface area contributed by atoms with Gasteiger partial charge in [0.05, 0.1) is 0 Å². The van der Waals surface area contributed by atoms with E-state index in [2.05, 4.69) is 39.2 Å². The van der Waals surface area contributed by atoms with Gasteiger partial charge in [0, 0.05) is 37.9 Å². The van der Waals surface area contributed by atoms with Crippen LogP contribution < -0.4 is 10.6 Å². The Morgan fingerprint density at radius 2 is 2.13 bits per heavy atom. The largest absolute Gasteiger partial charge is 0.338 e. The molecule has 0 aliphatic heterocycles. The van der Waals surface area contributed by atoms with E-state index in [1.807, 2.05) is 30.6 Å². The molecule has 23 heavy (non-hydrogen) atoms. The maximum absolute atomic E-state index is 11.8. The quantitative estimate of drug-likeness (QED) is 0.825. The number of urea groups is 1. The van der Waals surface area contributed by atoms with Crippen molar-refractivity contribution in [2.45, 2.75) is 38.8 Å². The lowest BCUT2D eigenvalue weighted by Crippen LogP contribution is -2.42. The van der Waals surface area contributed by atoms with Gasteiger partial charge in [0.25, 0.3) is 0 Å². The van der Waals surface area contributed by atoms with Gasteiger partial charge in [-0.1, -0.05) is 30.3 Å². The Kier molecular flexibility index (Phi) is 4.95. The van der Waals surface area contributed by atoms with Crippen LogP contribution >= 0.6 is 0 Å². The maximum Gasteiger partial charge on any atom is 0.315 e. The van der Waals surface area contributed by atoms with Crippen LogP contribution in [0.15, 0.2) is 42.7 Å². The molecule has 0 radical (unpaired) electrons. The lowest BCUT2D eigenvalue weighted by Gasteiger charge is -2.14. The number of hydrogen-bond acceptors (Lipinski definition) is 2. The first-order valence-corrected chi connectivity index (χ1v) is 8.30. The average Bonchev–Trinajstić information content (AvgIpc) is 3.31. The summed E-state index contributed by atoms with van der Waals surface area (Å²) in [5.41, 5.74) is 1.25. The number of amides is 2. The number of nitrogens with zero attached hydrogens (tertiary/aromatic N) is 2. The average molecular weight is 312 g/mol. The molecule has 2 N–H and O–H groups in total. The SMILES string of the molecule is CC(NC(=O)NCCc1nccn1Cc1ccccc1)C1CC1. The van der Waals surface area contributed by atoms with Gasteiger partial charge in [-0.2, -0.15) is 0 Å². The number of hydrogen-bond donors (Lipinski definition) is 2. The highest BCUT2D eigenvalue weighted by Gasteiger charge is 2.28. The lowest BCUT2D eigenvalue weighted by molar-refractivity contribution is 0.236. The van der Waals surface area contributed by atoms with E-state index < -0.39 is 0 Å². The predicted octanol–water partition coefficient (Wildman–Crippen LogP) is 2.57. The first-order valence-electron chi connectivity index (χ1n) is 8.30. The summed E-state index contributed by atoms with van der Waals surface area (Å²) in [7, 11) is 0. The number of imidazole rings is 1. The highest BCUT2D eigenvalue weighted by molar-refractivity contribution is 5.74. The number of benzene rings is 1. The van der Waals surface area contributed by atoms with Gasteiger partial charge in [-0.15, -0.1) is 0 Å². The molecule has 2 amide bonds. The molecule has 1 aromatic carbocycles. The molecule has 1 aliphatic rings. The third-order valence-electron chi connectivity index (χ3n) is 4.32. The zero-order chi connectivity index (χ0) is 16.1. The Balaban J connectivity index is 1.45. The van der Waals surface area contributed by atoms with Crippen molar-refractivity contribution in [3.63, 3.8) is 0 Å². The van der Waals surface area contributed by atoms with Gasteiger partial charge in [-0.05, 0) is 31.2 Å². The molecule has 1 saturated carbocycles. The Labute approximate surface area is 137 Å². The molecule has 1 heterocycles. The van der Waals surface area contributed by atoms with Gasteiger partial charge >= 0.3 is 6.03 Å². The van der Waals surface area contributed by atoms with Gasteiger partial charge in [0.2, 0.25) is 0 Å². The topological polar surface area (TPSA) is 59.0 Å². The van der Waals surface area contributed by atoms with Gasteiger partial charge in [0.15, 0.2) is 0 Å². The highest BCUT2D eigenvalue weighted by Crippen LogP contribution is 2.32. The van der Waals surface area contributed by atoms with Crippen molar-refractivity contribution in [1.82, 2.24) is 20.2 Å². The molecule has 1 fully saturated rings. The van der Waals surface area contributed by atoms with Crippen molar-refractivity contribution in [2.75, 3.05) is 6.54 Å². The number of rotatable bonds is 7. The van der Waals surface area contributed by atoms with Crippen LogP contribution in [0.25, 0.3) is 0 Å². The standard InChI is InChI=1S/C18H24N4O/c1-14(16-7-8-16)21-18(23)20-10-9-17-19-11-12-22(17)13-15-5-3-2-4-6-15/h2-6,11-12,14,16H,7-10,13H2,1H3,(H2,20,21,23). The van der Waals surface area contributed by atoms with Crippen molar-refractivity contribution in [2.24, 2.45) is 5.92 Å². The Bertz CT molecular complexity index is 633. The number of nitrogens with one attached hydrogen (secondary N) is 2. The van der Waals surface area contributed by atoms with Gasteiger partial charge in [0.1, 0.15) is 5.82 Å². The van der Waals surface area contributed by atoms with Crippen LogP contribution in [0.4, 0.5) is 4.79 Å². The summed E-state index contributed by atoms with van der Waals surface area (Å²) in [5.74, 6) is 1.66. The molecule has 5 nitrogen and oxygen atoms in total. The van der Waals surface area contributed by atoms with E-state index in [9.17, 15) is 4.79 Å². The first-order chi connectivity index (χ1) is 11.2. The van der Waals surface area contributed by atoms with Gasteiger partial charge in [-0.25, -0.2) is 9.78 Å². The number of carbonyl (C=O) groups excluding carboxylic acids is 1. The van der Waals surface area contributed by atoms with Crippen molar-refractivity contribution >= 4 is 6.03 Å². The molecule has 0 bridgehead atoms. The molecule has 122 valence electrons. The van der Waals surface area contributed by atoms with E-state index in [4.69, 9.17) is 0 Å². The molecule has 5 heteroatoms. The van der Waals surface area contributed by atoms with Crippen molar-refractivity contribution in [3.8, 4) is 0 Å². The van der Waals surface area contributed by atoms with E-state index in [1.54, 1.807) is 0 Å². The van der Waals surface area contributed by atoms with E-state index >= 15 is 0 Å². The predicted molar refractivity (Wildman–Crippen MR) is 90.2 cm³/mol. The molecule has 1 atom stereocenters.